The highest BCUT2D eigenvalue weighted by Crippen LogP contribution is 2.18. The molecular formula is C13H20FN3O2S. The molecule has 0 radical (unpaired) electrons. The molecule has 0 bridgehead atoms. The number of halogens is 1. The lowest BCUT2D eigenvalue weighted by Crippen LogP contribution is -2.47. The average Bonchev–Trinajstić information content (AvgIpc) is 2.41. The molecule has 1 aliphatic rings. The molecule has 0 spiro atoms. The van der Waals surface area contributed by atoms with Gasteiger partial charge in [-0.05, 0) is 44.1 Å². The van der Waals surface area contributed by atoms with Crippen LogP contribution in [-0.4, -0.2) is 39.0 Å². The second-order valence-corrected chi connectivity index (χ2v) is 6.75. The number of likely N-dealkylation sites (tertiary alicyclic amines) is 1. The summed E-state index contributed by atoms with van der Waals surface area (Å²) in [7, 11) is -3.70. The van der Waals surface area contributed by atoms with Gasteiger partial charge in [0.25, 0.3) is 0 Å². The van der Waals surface area contributed by atoms with Gasteiger partial charge in [-0.1, -0.05) is 6.92 Å². The van der Waals surface area contributed by atoms with Crippen LogP contribution in [0, 0.1) is 5.82 Å². The van der Waals surface area contributed by atoms with E-state index in [0.717, 1.165) is 32.0 Å². The van der Waals surface area contributed by atoms with Gasteiger partial charge in [-0.15, -0.1) is 0 Å². The van der Waals surface area contributed by atoms with Crippen molar-refractivity contribution in [1.29, 1.82) is 0 Å². The summed E-state index contributed by atoms with van der Waals surface area (Å²) in [5.41, 5.74) is 5.30. The van der Waals surface area contributed by atoms with Gasteiger partial charge in [0, 0.05) is 12.6 Å². The quantitative estimate of drug-likeness (QED) is 0.819. The number of nitrogens with zero attached hydrogens (tertiary/aromatic N) is 1. The van der Waals surface area contributed by atoms with E-state index in [1.54, 1.807) is 0 Å². The van der Waals surface area contributed by atoms with Crippen molar-refractivity contribution in [3.05, 3.63) is 24.0 Å². The van der Waals surface area contributed by atoms with Gasteiger partial charge in [-0.2, -0.15) is 0 Å². The minimum atomic E-state index is -3.70. The van der Waals surface area contributed by atoms with Crippen LogP contribution < -0.4 is 10.5 Å². The zero-order chi connectivity index (χ0) is 14.8. The lowest BCUT2D eigenvalue weighted by molar-refractivity contribution is 0.211. The molecule has 3 N–H and O–H groups in total. The summed E-state index contributed by atoms with van der Waals surface area (Å²) < 4.78 is 40.5. The molecule has 0 amide bonds. The second-order valence-electron chi connectivity index (χ2n) is 5.04. The fourth-order valence-electron chi connectivity index (χ4n) is 2.40. The summed E-state index contributed by atoms with van der Waals surface area (Å²) in [6.07, 6.45) is 1.75. The third-order valence-corrected chi connectivity index (χ3v) is 5.07. The number of rotatable bonds is 4. The van der Waals surface area contributed by atoms with Crippen LogP contribution in [0.4, 0.5) is 10.1 Å². The molecule has 1 unspecified atom stereocenters. The van der Waals surface area contributed by atoms with Crippen molar-refractivity contribution in [2.24, 2.45) is 0 Å². The average molecular weight is 301 g/mol. The number of nitrogens with one attached hydrogen (secondary N) is 1. The first kappa shape index (κ1) is 15.2. The highest BCUT2D eigenvalue weighted by molar-refractivity contribution is 7.89. The van der Waals surface area contributed by atoms with Crippen molar-refractivity contribution in [3.63, 3.8) is 0 Å². The zero-order valence-corrected chi connectivity index (χ0v) is 12.3. The fourth-order valence-corrected chi connectivity index (χ4v) is 3.67. The molecule has 1 atom stereocenters. The molecule has 1 saturated heterocycles. The van der Waals surface area contributed by atoms with E-state index in [1.807, 2.05) is 6.92 Å². The molecule has 2 rings (SSSR count). The maximum atomic E-state index is 13.4. The van der Waals surface area contributed by atoms with Crippen molar-refractivity contribution >= 4 is 15.7 Å². The molecule has 1 heterocycles. The summed E-state index contributed by atoms with van der Waals surface area (Å²) in [4.78, 5) is 2.11. The Kier molecular flexibility index (Phi) is 4.62. The summed E-state index contributed by atoms with van der Waals surface area (Å²) >= 11 is 0. The Morgan fingerprint density at radius 1 is 1.50 bits per heavy atom. The Morgan fingerprint density at radius 3 is 2.90 bits per heavy atom. The molecule has 0 saturated carbocycles. The predicted molar refractivity (Wildman–Crippen MR) is 76.3 cm³/mol. The number of hydrogen-bond acceptors (Lipinski definition) is 4. The van der Waals surface area contributed by atoms with Gasteiger partial charge < -0.3 is 10.6 Å². The zero-order valence-electron chi connectivity index (χ0n) is 11.5. The third-order valence-electron chi connectivity index (χ3n) is 3.56. The van der Waals surface area contributed by atoms with Crippen molar-refractivity contribution in [1.82, 2.24) is 9.62 Å². The Bertz CT molecular complexity index is 577. The number of nitrogens with two attached hydrogens (primary N) is 1. The number of benzene rings is 1. The van der Waals surface area contributed by atoms with E-state index >= 15 is 0 Å². The van der Waals surface area contributed by atoms with Crippen molar-refractivity contribution in [2.45, 2.75) is 30.7 Å². The molecule has 0 aliphatic carbocycles. The first-order valence-electron chi connectivity index (χ1n) is 6.72. The van der Waals surface area contributed by atoms with Gasteiger partial charge in [-0.25, -0.2) is 17.5 Å². The summed E-state index contributed by atoms with van der Waals surface area (Å²) in [6, 6.07) is 3.41. The molecule has 5 nitrogen and oxygen atoms in total. The van der Waals surface area contributed by atoms with Gasteiger partial charge in [0.15, 0.2) is 0 Å². The number of piperidine rings is 1. The summed E-state index contributed by atoms with van der Waals surface area (Å²) in [5.74, 6) is -0.716. The molecule has 0 aromatic heterocycles. The number of anilines is 1. The molecule has 1 aromatic carbocycles. The number of sulfonamides is 1. The highest BCUT2D eigenvalue weighted by atomic mass is 32.2. The van der Waals surface area contributed by atoms with Crippen LogP contribution in [0.3, 0.4) is 0 Å². The van der Waals surface area contributed by atoms with Crippen molar-refractivity contribution in [2.75, 3.05) is 25.4 Å². The molecule has 1 aromatic rings. The van der Waals surface area contributed by atoms with Gasteiger partial charge in [0.1, 0.15) is 5.82 Å². The third kappa shape index (κ3) is 3.47. The monoisotopic (exact) mass is 301 g/mol. The maximum Gasteiger partial charge on any atom is 0.240 e. The SMILES string of the molecule is CCN1CCCC(NS(=O)(=O)c2ccc(N)c(F)c2)C1. The van der Waals surface area contributed by atoms with Gasteiger partial charge in [-0.3, -0.25) is 0 Å². The van der Waals surface area contributed by atoms with Gasteiger partial charge in [0.05, 0.1) is 10.6 Å². The van der Waals surface area contributed by atoms with Gasteiger partial charge in [0.2, 0.25) is 10.0 Å². The largest absolute Gasteiger partial charge is 0.396 e. The van der Waals surface area contributed by atoms with Crippen molar-refractivity contribution < 1.29 is 12.8 Å². The van der Waals surface area contributed by atoms with Crippen molar-refractivity contribution in [3.8, 4) is 0 Å². The standard InChI is InChI=1S/C13H20FN3O2S/c1-2-17-7-3-4-10(9-17)16-20(18,19)11-5-6-13(15)12(14)8-11/h5-6,8,10,16H,2-4,7,9,15H2,1H3. The lowest BCUT2D eigenvalue weighted by atomic mass is 10.1. The molecule has 1 aliphatic heterocycles. The van der Waals surface area contributed by atoms with E-state index in [4.69, 9.17) is 5.73 Å². The van der Waals surface area contributed by atoms with Crippen LogP contribution in [-0.2, 0) is 10.0 Å². The molecule has 20 heavy (non-hydrogen) atoms. The summed E-state index contributed by atoms with van der Waals surface area (Å²) in [5, 5.41) is 0. The van der Waals surface area contributed by atoms with E-state index in [-0.39, 0.29) is 16.6 Å². The lowest BCUT2D eigenvalue weighted by Gasteiger charge is -2.32. The Balaban J connectivity index is 2.12. The highest BCUT2D eigenvalue weighted by Gasteiger charge is 2.25. The fraction of sp³-hybridized carbons (Fsp3) is 0.538. The summed E-state index contributed by atoms with van der Waals surface area (Å²) in [6.45, 7) is 4.62. The van der Waals surface area contributed by atoms with Crippen LogP contribution >= 0.6 is 0 Å². The van der Waals surface area contributed by atoms with E-state index < -0.39 is 15.8 Å². The van der Waals surface area contributed by atoms with E-state index in [2.05, 4.69) is 9.62 Å². The molecule has 112 valence electrons. The first-order chi connectivity index (χ1) is 9.42. The Labute approximate surface area is 119 Å². The van der Waals surface area contributed by atoms with Crippen LogP contribution in [0.5, 0.6) is 0 Å². The van der Waals surface area contributed by atoms with Crippen LogP contribution in [0.15, 0.2) is 23.1 Å². The van der Waals surface area contributed by atoms with E-state index in [9.17, 15) is 12.8 Å². The number of hydrogen-bond donors (Lipinski definition) is 2. The Hall–Kier alpha value is -1.18. The number of likely N-dealkylation sites (N-methyl/N-ethyl adjacent to an activating group) is 1. The second kappa shape index (κ2) is 6.07. The molecular weight excluding hydrogens is 281 g/mol. The topological polar surface area (TPSA) is 75.4 Å². The van der Waals surface area contributed by atoms with Crippen LogP contribution in [0.2, 0.25) is 0 Å². The van der Waals surface area contributed by atoms with E-state index in [1.165, 1.54) is 12.1 Å². The number of nitrogen functional groups attached to an aromatic ring is 1. The Morgan fingerprint density at radius 2 is 2.25 bits per heavy atom. The van der Waals surface area contributed by atoms with Gasteiger partial charge >= 0.3 is 0 Å². The van der Waals surface area contributed by atoms with E-state index in [0.29, 0.717) is 6.54 Å². The maximum absolute atomic E-state index is 13.4. The van der Waals surface area contributed by atoms with Crippen LogP contribution in [0.1, 0.15) is 19.8 Å². The smallest absolute Gasteiger partial charge is 0.240 e. The minimum Gasteiger partial charge on any atom is -0.396 e. The molecule has 7 heteroatoms. The normalized spacial score (nSPS) is 21.0. The first-order valence-corrected chi connectivity index (χ1v) is 8.20. The predicted octanol–water partition coefficient (Wildman–Crippen LogP) is 1.17. The van der Waals surface area contributed by atoms with Crippen LogP contribution in [0.25, 0.3) is 0 Å². The minimum absolute atomic E-state index is 0.0567. The molecule has 1 fully saturated rings.